The first-order chi connectivity index (χ1) is 14.6. The number of nitrogens with one attached hydrogen (secondary N) is 1. The van der Waals surface area contributed by atoms with Gasteiger partial charge in [-0.3, -0.25) is 9.48 Å². The zero-order chi connectivity index (χ0) is 20.7. The fourth-order valence-electron chi connectivity index (χ4n) is 3.71. The molecule has 0 saturated carbocycles. The van der Waals surface area contributed by atoms with Crippen molar-refractivity contribution in [1.82, 2.24) is 19.6 Å². The summed E-state index contributed by atoms with van der Waals surface area (Å²) in [7, 11) is 0. The normalized spacial score (nSPS) is 12.7. The van der Waals surface area contributed by atoms with E-state index in [2.05, 4.69) is 21.6 Å². The molecule has 0 unspecified atom stereocenters. The molecule has 0 spiro atoms. The smallest absolute Gasteiger partial charge is 0.276 e. The van der Waals surface area contributed by atoms with Crippen LogP contribution in [0.1, 0.15) is 22.5 Å². The molecule has 3 heterocycles. The first-order valence-electron chi connectivity index (χ1n) is 9.57. The first kappa shape index (κ1) is 18.2. The van der Waals surface area contributed by atoms with Crippen LogP contribution in [0.3, 0.4) is 0 Å². The second-order valence-corrected chi connectivity index (χ2v) is 7.08. The molecule has 1 amide bonds. The maximum atomic E-state index is 13.9. The van der Waals surface area contributed by atoms with Crippen LogP contribution in [-0.2, 0) is 13.0 Å². The predicted molar refractivity (Wildman–Crippen MR) is 107 cm³/mol. The number of hydrogen-bond donors (Lipinski definition) is 1. The molecule has 0 aliphatic carbocycles. The van der Waals surface area contributed by atoms with Crippen LogP contribution in [-0.4, -0.2) is 25.5 Å². The highest BCUT2D eigenvalue weighted by Gasteiger charge is 2.22. The highest BCUT2D eigenvalue weighted by molar-refractivity contribution is 6.03. The van der Waals surface area contributed by atoms with Crippen LogP contribution in [0.2, 0.25) is 0 Å². The number of aromatic nitrogens is 4. The zero-order valence-electron chi connectivity index (χ0n) is 15.8. The van der Waals surface area contributed by atoms with Crippen molar-refractivity contribution >= 4 is 11.6 Å². The number of nitrogens with zero attached hydrogens (tertiary/aromatic N) is 4. The number of carbonyl (C=O) groups excluding carboxylic acids is 1. The molecular formula is C22H17F2N5O. The average Bonchev–Trinajstić information content (AvgIpc) is 3.39. The number of rotatable bonds is 3. The van der Waals surface area contributed by atoms with Crippen LogP contribution in [0.25, 0.3) is 16.9 Å². The summed E-state index contributed by atoms with van der Waals surface area (Å²) in [5.41, 5.74) is 3.42. The van der Waals surface area contributed by atoms with Gasteiger partial charge in [0.05, 0.1) is 11.4 Å². The molecule has 150 valence electrons. The number of amides is 1. The number of anilines is 1. The Labute approximate surface area is 170 Å². The van der Waals surface area contributed by atoms with Gasteiger partial charge in [-0.1, -0.05) is 12.1 Å². The number of fused-ring (bicyclic) bond motifs is 3. The van der Waals surface area contributed by atoms with E-state index in [9.17, 15) is 13.6 Å². The van der Waals surface area contributed by atoms with E-state index < -0.39 is 23.2 Å². The molecule has 1 N–H and O–H groups in total. The second kappa shape index (κ2) is 7.22. The number of aryl methyl sites for hydroxylation is 2. The fourth-order valence-corrected chi connectivity index (χ4v) is 3.71. The molecule has 0 radical (unpaired) electrons. The van der Waals surface area contributed by atoms with Gasteiger partial charge in [0.2, 0.25) is 0 Å². The Morgan fingerprint density at radius 2 is 1.90 bits per heavy atom. The number of hydrogen-bond acceptors (Lipinski definition) is 3. The quantitative estimate of drug-likeness (QED) is 0.555. The summed E-state index contributed by atoms with van der Waals surface area (Å²) in [6, 6.07) is 13.0. The Kier molecular flexibility index (Phi) is 4.39. The van der Waals surface area contributed by atoms with Crippen molar-refractivity contribution < 1.29 is 13.6 Å². The van der Waals surface area contributed by atoms with Gasteiger partial charge in [-0.2, -0.15) is 10.2 Å². The van der Waals surface area contributed by atoms with Gasteiger partial charge in [-0.05, 0) is 54.8 Å². The number of carbonyl (C=O) groups is 1. The molecule has 5 rings (SSSR count). The number of benzene rings is 2. The molecule has 2 aromatic carbocycles. The molecule has 6 nitrogen and oxygen atoms in total. The molecule has 0 bridgehead atoms. The van der Waals surface area contributed by atoms with Crippen LogP contribution < -0.4 is 5.32 Å². The van der Waals surface area contributed by atoms with Crippen molar-refractivity contribution in [1.29, 1.82) is 0 Å². The maximum absolute atomic E-state index is 13.9. The lowest BCUT2D eigenvalue weighted by molar-refractivity contribution is 0.102. The fraction of sp³-hybridized carbons (Fsp3) is 0.136. The summed E-state index contributed by atoms with van der Waals surface area (Å²) in [6.07, 6.45) is 5.32. The van der Waals surface area contributed by atoms with E-state index in [0.29, 0.717) is 6.54 Å². The SMILES string of the molecule is O=C(Nc1c(F)cccc1F)c1cc2n(n1)CCCc1ccc(-n3cccn3)cc1-2. The first-order valence-corrected chi connectivity index (χ1v) is 9.57. The molecule has 0 saturated heterocycles. The second-order valence-electron chi connectivity index (χ2n) is 7.08. The summed E-state index contributed by atoms with van der Waals surface area (Å²) in [6.45, 7) is 0.641. The topological polar surface area (TPSA) is 64.7 Å². The van der Waals surface area contributed by atoms with E-state index in [0.717, 1.165) is 47.5 Å². The van der Waals surface area contributed by atoms with Gasteiger partial charge in [0.15, 0.2) is 5.69 Å². The van der Waals surface area contributed by atoms with E-state index in [1.165, 1.54) is 6.07 Å². The maximum Gasteiger partial charge on any atom is 0.276 e. The Bertz CT molecular complexity index is 1230. The molecule has 1 aliphatic rings. The number of para-hydroxylation sites is 1. The Morgan fingerprint density at radius 1 is 1.07 bits per heavy atom. The standard InChI is InChI=1S/C22H17F2N5O/c23-17-5-1-6-18(24)21(17)26-22(30)19-13-20-16-12-15(28-11-3-9-25-28)8-7-14(16)4-2-10-29(20)27-19/h1,3,5-9,11-13H,2,4,10H2,(H,26,30). The van der Waals surface area contributed by atoms with Gasteiger partial charge in [0.1, 0.15) is 17.3 Å². The Balaban J connectivity index is 1.53. The molecule has 1 aliphatic heterocycles. The van der Waals surface area contributed by atoms with Crippen molar-refractivity contribution in [3.05, 3.63) is 83.8 Å². The van der Waals surface area contributed by atoms with Gasteiger partial charge in [0.25, 0.3) is 5.91 Å². The van der Waals surface area contributed by atoms with Crippen molar-refractivity contribution in [3.8, 4) is 16.9 Å². The van der Waals surface area contributed by atoms with E-state index in [4.69, 9.17) is 0 Å². The van der Waals surface area contributed by atoms with Crippen molar-refractivity contribution in [3.63, 3.8) is 0 Å². The summed E-state index contributed by atoms with van der Waals surface area (Å²) in [5, 5.41) is 11.0. The lowest BCUT2D eigenvalue weighted by atomic mass is 10.0. The molecule has 30 heavy (non-hydrogen) atoms. The predicted octanol–water partition coefficient (Wildman–Crippen LogP) is 4.21. The lowest BCUT2D eigenvalue weighted by Crippen LogP contribution is -2.15. The van der Waals surface area contributed by atoms with Crippen molar-refractivity contribution in [2.75, 3.05) is 5.32 Å². The van der Waals surface area contributed by atoms with Gasteiger partial charge in [0, 0.05) is 24.5 Å². The van der Waals surface area contributed by atoms with Crippen LogP contribution in [0.4, 0.5) is 14.5 Å². The van der Waals surface area contributed by atoms with Gasteiger partial charge < -0.3 is 5.32 Å². The minimum Gasteiger partial charge on any atom is -0.316 e. The van der Waals surface area contributed by atoms with Crippen molar-refractivity contribution in [2.24, 2.45) is 0 Å². The Hall–Kier alpha value is -3.81. The largest absolute Gasteiger partial charge is 0.316 e. The summed E-state index contributed by atoms with van der Waals surface area (Å²) in [4.78, 5) is 12.7. The van der Waals surface area contributed by atoms with Crippen LogP contribution in [0.15, 0.2) is 60.9 Å². The van der Waals surface area contributed by atoms with E-state index >= 15 is 0 Å². The number of halogens is 2. The summed E-state index contributed by atoms with van der Waals surface area (Å²) >= 11 is 0. The van der Waals surface area contributed by atoms with E-state index in [1.54, 1.807) is 21.6 Å². The van der Waals surface area contributed by atoms with Crippen LogP contribution >= 0.6 is 0 Å². The van der Waals surface area contributed by atoms with Crippen LogP contribution in [0, 0.1) is 11.6 Å². The van der Waals surface area contributed by atoms with Gasteiger partial charge in [-0.25, -0.2) is 13.5 Å². The molecular weight excluding hydrogens is 388 g/mol. The van der Waals surface area contributed by atoms with E-state index in [1.807, 2.05) is 24.4 Å². The molecule has 8 heteroatoms. The average molecular weight is 405 g/mol. The summed E-state index contributed by atoms with van der Waals surface area (Å²) in [5.74, 6) is -2.33. The highest BCUT2D eigenvalue weighted by atomic mass is 19.1. The minimum absolute atomic E-state index is 0.102. The zero-order valence-corrected chi connectivity index (χ0v) is 15.8. The third-order valence-corrected chi connectivity index (χ3v) is 5.17. The van der Waals surface area contributed by atoms with Crippen LogP contribution in [0.5, 0.6) is 0 Å². The molecule has 0 atom stereocenters. The van der Waals surface area contributed by atoms with Gasteiger partial charge >= 0.3 is 0 Å². The van der Waals surface area contributed by atoms with Gasteiger partial charge in [-0.15, -0.1) is 0 Å². The summed E-state index contributed by atoms with van der Waals surface area (Å²) < 4.78 is 31.3. The Morgan fingerprint density at radius 3 is 2.67 bits per heavy atom. The lowest BCUT2D eigenvalue weighted by Gasteiger charge is -2.09. The molecule has 2 aromatic heterocycles. The van der Waals surface area contributed by atoms with E-state index in [-0.39, 0.29) is 5.69 Å². The van der Waals surface area contributed by atoms with Crippen molar-refractivity contribution in [2.45, 2.75) is 19.4 Å². The minimum atomic E-state index is -0.835. The monoisotopic (exact) mass is 405 g/mol. The highest BCUT2D eigenvalue weighted by Crippen LogP contribution is 2.31. The third kappa shape index (κ3) is 3.16. The third-order valence-electron chi connectivity index (χ3n) is 5.17. The molecule has 4 aromatic rings. The molecule has 0 fully saturated rings.